The van der Waals surface area contributed by atoms with Gasteiger partial charge in [0.2, 0.25) is 11.9 Å². The molecule has 7 heteroatoms. The van der Waals surface area contributed by atoms with Gasteiger partial charge < -0.3 is 15.3 Å². The second kappa shape index (κ2) is 9.10. The van der Waals surface area contributed by atoms with Gasteiger partial charge in [-0.25, -0.2) is 9.97 Å². The summed E-state index contributed by atoms with van der Waals surface area (Å²) in [6.45, 7) is 10.6. The lowest BCUT2D eigenvalue weighted by molar-refractivity contribution is -0.133. The quantitative estimate of drug-likeness (QED) is 0.721. The summed E-state index contributed by atoms with van der Waals surface area (Å²) in [4.78, 5) is 24.7. The van der Waals surface area contributed by atoms with Crippen molar-refractivity contribution in [3.8, 4) is 0 Å². The zero-order valence-corrected chi connectivity index (χ0v) is 15.6. The van der Waals surface area contributed by atoms with Crippen molar-refractivity contribution in [2.75, 3.05) is 44.6 Å². The fraction of sp³-hybridized carbons (Fsp3) is 0.722. The highest BCUT2D eigenvalue weighted by Gasteiger charge is 2.27. The Bertz CT molecular complexity index is 524. The van der Waals surface area contributed by atoms with Gasteiger partial charge in [0, 0.05) is 58.1 Å². The fourth-order valence-corrected chi connectivity index (χ4v) is 2.69. The molecule has 1 amide bonds. The second-order valence-electron chi connectivity index (χ2n) is 7.67. The largest absolute Gasteiger partial charge is 0.391 e. The van der Waals surface area contributed by atoms with Gasteiger partial charge in [0.25, 0.3) is 0 Å². The molecule has 7 nitrogen and oxygen atoms in total. The van der Waals surface area contributed by atoms with E-state index in [0.29, 0.717) is 25.5 Å². The molecule has 0 bridgehead atoms. The Kier molecular flexibility index (Phi) is 7.13. The van der Waals surface area contributed by atoms with E-state index in [-0.39, 0.29) is 17.4 Å². The Morgan fingerprint density at radius 1 is 1.24 bits per heavy atom. The van der Waals surface area contributed by atoms with E-state index in [4.69, 9.17) is 0 Å². The summed E-state index contributed by atoms with van der Waals surface area (Å²) in [5.74, 6) is 0.799. The van der Waals surface area contributed by atoms with Crippen LogP contribution >= 0.6 is 0 Å². The summed E-state index contributed by atoms with van der Waals surface area (Å²) in [6.07, 6.45) is 4.33. The first-order valence-electron chi connectivity index (χ1n) is 9.05. The van der Waals surface area contributed by atoms with Crippen LogP contribution in [0.1, 0.15) is 33.6 Å². The summed E-state index contributed by atoms with van der Waals surface area (Å²) < 4.78 is 0. The molecule has 1 aromatic heterocycles. The third kappa shape index (κ3) is 6.59. The number of aliphatic hydroxyl groups excluding tert-OH is 1. The Labute approximate surface area is 150 Å². The predicted octanol–water partition coefficient (Wildman–Crippen LogP) is 1.22. The molecule has 1 saturated heterocycles. The molecular weight excluding hydrogens is 318 g/mol. The molecule has 0 aromatic carbocycles. The fourth-order valence-electron chi connectivity index (χ4n) is 2.69. The summed E-state index contributed by atoms with van der Waals surface area (Å²) in [6, 6.07) is 1.77. The zero-order chi connectivity index (χ0) is 18.3. The van der Waals surface area contributed by atoms with E-state index in [1.165, 1.54) is 0 Å². The van der Waals surface area contributed by atoms with Crippen LogP contribution < -0.4 is 5.32 Å². The first-order valence-corrected chi connectivity index (χ1v) is 9.05. The number of rotatable bonds is 7. The summed E-state index contributed by atoms with van der Waals surface area (Å²) in [7, 11) is 0. The van der Waals surface area contributed by atoms with E-state index >= 15 is 0 Å². The highest BCUT2D eigenvalue weighted by molar-refractivity contribution is 5.76. The lowest BCUT2D eigenvalue weighted by Crippen LogP contribution is -2.51. The maximum Gasteiger partial charge on any atom is 0.222 e. The Morgan fingerprint density at radius 3 is 2.48 bits per heavy atom. The molecule has 0 unspecified atom stereocenters. The predicted molar refractivity (Wildman–Crippen MR) is 98.2 cm³/mol. The van der Waals surface area contributed by atoms with Crippen molar-refractivity contribution in [1.82, 2.24) is 19.8 Å². The van der Waals surface area contributed by atoms with Gasteiger partial charge in [-0.2, -0.15) is 0 Å². The number of amides is 1. The van der Waals surface area contributed by atoms with Gasteiger partial charge in [-0.05, 0) is 17.9 Å². The minimum Gasteiger partial charge on any atom is -0.391 e. The van der Waals surface area contributed by atoms with Crippen LogP contribution in [0.25, 0.3) is 0 Å². The topological polar surface area (TPSA) is 81.6 Å². The number of β-amino-alcohol motifs (C(OH)–C–C–N with tert-alkyl or cyclic N) is 1. The number of hydrogen-bond donors (Lipinski definition) is 2. The van der Waals surface area contributed by atoms with E-state index in [9.17, 15) is 9.90 Å². The monoisotopic (exact) mass is 349 g/mol. The van der Waals surface area contributed by atoms with Crippen molar-refractivity contribution in [3.05, 3.63) is 18.5 Å². The number of carbonyl (C=O) groups excluding carboxylic acids is 1. The van der Waals surface area contributed by atoms with Gasteiger partial charge in [-0.15, -0.1) is 0 Å². The molecule has 1 aromatic rings. The van der Waals surface area contributed by atoms with Crippen LogP contribution in [0.4, 0.5) is 5.95 Å². The van der Waals surface area contributed by atoms with Gasteiger partial charge in [-0.3, -0.25) is 9.69 Å². The second-order valence-corrected chi connectivity index (χ2v) is 7.67. The lowest BCUT2D eigenvalue weighted by atomic mass is 9.89. The van der Waals surface area contributed by atoms with E-state index in [1.54, 1.807) is 18.5 Å². The standard InChI is InChI=1S/C18H31N5O2/c1-18(2,3)15(24)14-22-10-12-23(13-11-22)16(25)6-4-7-19-17-20-8-5-9-21-17/h5,8-9,15,24H,4,6-7,10-14H2,1-3H3,(H,19,20,21)/t15-/m1/s1. The maximum absolute atomic E-state index is 12.3. The van der Waals surface area contributed by atoms with E-state index in [1.807, 2.05) is 25.7 Å². The van der Waals surface area contributed by atoms with Crippen LogP contribution in [0, 0.1) is 5.41 Å². The summed E-state index contributed by atoms with van der Waals surface area (Å²) >= 11 is 0. The van der Waals surface area contributed by atoms with Gasteiger partial charge in [-0.1, -0.05) is 20.8 Å². The molecule has 2 rings (SSSR count). The molecule has 0 spiro atoms. The Balaban J connectivity index is 1.62. The smallest absolute Gasteiger partial charge is 0.222 e. The average Bonchev–Trinajstić information content (AvgIpc) is 2.59. The van der Waals surface area contributed by atoms with Crippen molar-refractivity contribution < 1.29 is 9.90 Å². The molecule has 2 heterocycles. The Hall–Kier alpha value is -1.73. The molecule has 2 N–H and O–H groups in total. The SMILES string of the molecule is CC(C)(C)[C@H](O)CN1CCN(C(=O)CCCNc2ncccn2)CC1. The number of aromatic nitrogens is 2. The van der Waals surface area contributed by atoms with Crippen LogP contribution in [0.2, 0.25) is 0 Å². The van der Waals surface area contributed by atoms with E-state index in [0.717, 1.165) is 32.6 Å². The van der Waals surface area contributed by atoms with E-state index < -0.39 is 0 Å². The van der Waals surface area contributed by atoms with Crippen LogP contribution in [0.3, 0.4) is 0 Å². The number of anilines is 1. The molecule has 1 fully saturated rings. The van der Waals surface area contributed by atoms with Crippen molar-refractivity contribution in [2.24, 2.45) is 5.41 Å². The number of nitrogens with zero attached hydrogens (tertiary/aromatic N) is 4. The van der Waals surface area contributed by atoms with Crippen LogP contribution in [-0.4, -0.2) is 76.2 Å². The minimum absolute atomic E-state index is 0.109. The lowest BCUT2D eigenvalue weighted by Gasteiger charge is -2.38. The number of carbonyl (C=O) groups is 1. The average molecular weight is 349 g/mol. The van der Waals surface area contributed by atoms with Crippen LogP contribution in [-0.2, 0) is 4.79 Å². The van der Waals surface area contributed by atoms with Gasteiger partial charge in [0.15, 0.2) is 0 Å². The van der Waals surface area contributed by atoms with Gasteiger partial charge in [0.05, 0.1) is 6.10 Å². The third-order valence-electron chi connectivity index (χ3n) is 4.57. The molecule has 0 radical (unpaired) electrons. The van der Waals surface area contributed by atoms with Crippen LogP contribution in [0.15, 0.2) is 18.5 Å². The first kappa shape index (κ1) is 19.6. The number of aliphatic hydroxyl groups is 1. The van der Waals surface area contributed by atoms with Crippen molar-refractivity contribution >= 4 is 11.9 Å². The maximum atomic E-state index is 12.3. The van der Waals surface area contributed by atoms with Crippen LogP contribution in [0.5, 0.6) is 0 Å². The highest BCUT2D eigenvalue weighted by Crippen LogP contribution is 2.20. The highest BCUT2D eigenvalue weighted by atomic mass is 16.3. The summed E-state index contributed by atoms with van der Waals surface area (Å²) in [5.41, 5.74) is -0.109. The molecule has 0 aliphatic carbocycles. The molecule has 25 heavy (non-hydrogen) atoms. The third-order valence-corrected chi connectivity index (χ3v) is 4.57. The summed E-state index contributed by atoms with van der Waals surface area (Å²) in [5, 5.41) is 13.3. The molecule has 0 saturated carbocycles. The van der Waals surface area contributed by atoms with Gasteiger partial charge >= 0.3 is 0 Å². The van der Waals surface area contributed by atoms with Crippen molar-refractivity contribution in [2.45, 2.75) is 39.7 Å². The van der Waals surface area contributed by atoms with E-state index in [2.05, 4.69) is 20.2 Å². The first-order chi connectivity index (χ1) is 11.9. The zero-order valence-electron chi connectivity index (χ0n) is 15.6. The molecule has 1 atom stereocenters. The molecule has 140 valence electrons. The number of piperazine rings is 1. The normalized spacial score (nSPS) is 17.4. The molecular formula is C18H31N5O2. The van der Waals surface area contributed by atoms with Crippen molar-refractivity contribution in [1.29, 1.82) is 0 Å². The molecule has 1 aliphatic heterocycles. The minimum atomic E-state index is -0.346. The van der Waals surface area contributed by atoms with Gasteiger partial charge in [0.1, 0.15) is 0 Å². The Morgan fingerprint density at radius 2 is 1.88 bits per heavy atom. The molecule has 1 aliphatic rings. The number of hydrogen-bond acceptors (Lipinski definition) is 6. The number of nitrogens with one attached hydrogen (secondary N) is 1. The van der Waals surface area contributed by atoms with Crippen molar-refractivity contribution in [3.63, 3.8) is 0 Å².